The fraction of sp³-hybridized carbons (Fsp3) is 0.286. The van der Waals surface area contributed by atoms with Gasteiger partial charge in [-0.05, 0) is 41.8 Å². The zero-order chi connectivity index (χ0) is 18.5. The fourth-order valence-electron chi connectivity index (χ4n) is 3.15. The summed E-state index contributed by atoms with van der Waals surface area (Å²) < 4.78 is 0. The van der Waals surface area contributed by atoms with Crippen LogP contribution in [-0.4, -0.2) is 35.2 Å². The van der Waals surface area contributed by atoms with Crippen LogP contribution in [-0.2, 0) is 17.9 Å². The van der Waals surface area contributed by atoms with Crippen LogP contribution >= 0.6 is 0 Å². The first-order valence-electron chi connectivity index (χ1n) is 8.68. The van der Waals surface area contributed by atoms with E-state index in [1.54, 1.807) is 30.1 Å². The molecule has 132 valence electrons. The third-order valence-electron chi connectivity index (χ3n) is 4.57. The van der Waals surface area contributed by atoms with E-state index in [-0.39, 0.29) is 11.8 Å². The van der Waals surface area contributed by atoms with Crippen LogP contribution in [0.1, 0.15) is 39.9 Å². The monoisotopic (exact) mass is 347 g/mol. The van der Waals surface area contributed by atoms with Gasteiger partial charge in [-0.2, -0.15) is 5.26 Å². The lowest BCUT2D eigenvalue weighted by molar-refractivity contribution is -0.128. The molecule has 1 heterocycles. The smallest absolute Gasteiger partial charge is 0.253 e. The Bertz CT molecular complexity index is 852. The van der Waals surface area contributed by atoms with E-state index in [1.807, 2.05) is 35.2 Å². The number of hydrogen-bond donors (Lipinski definition) is 0. The summed E-state index contributed by atoms with van der Waals surface area (Å²) in [5.74, 6) is 0.114. The van der Waals surface area contributed by atoms with Gasteiger partial charge >= 0.3 is 0 Å². The van der Waals surface area contributed by atoms with Crippen LogP contribution in [0.4, 0.5) is 0 Å². The molecule has 2 amide bonds. The van der Waals surface area contributed by atoms with Crippen LogP contribution in [0.25, 0.3) is 0 Å². The van der Waals surface area contributed by atoms with Crippen molar-refractivity contribution in [2.24, 2.45) is 0 Å². The van der Waals surface area contributed by atoms with Crippen LogP contribution in [0, 0.1) is 11.3 Å². The van der Waals surface area contributed by atoms with Gasteiger partial charge in [-0.3, -0.25) is 9.59 Å². The third-order valence-corrected chi connectivity index (χ3v) is 4.57. The van der Waals surface area contributed by atoms with E-state index in [4.69, 9.17) is 5.26 Å². The predicted octanol–water partition coefficient (Wildman–Crippen LogP) is 2.95. The molecule has 1 saturated heterocycles. The molecule has 0 saturated carbocycles. The minimum Gasteiger partial charge on any atom is -0.338 e. The van der Waals surface area contributed by atoms with Crippen molar-refractivity contribution in [3.63, 3.8) is 0 Å². The summed E-state index contributed by atoms with van der Waals surface area (Å²) in [6, 6.07) is 16.8. The number of amides is 2. The van der Waals surface area contributed by atoms with Crippen molar-refractivity contribution < 1.29 is 9.59 Å². The second-order valence-corrected chi connectivity index (χ2v) is 6.59. The Hall–Kier alpha value is -3.13. The van der Waals surface area contributed by atoms with Crippen molar-refractivity contribution in [3.05, 3.63) is 70.8 Å². The summed E-state index contributed by atoms with van der Waals surface area (Å²) in [6.45, 7) is 1.81. The highest BCUT2D eigenvalue weighted by atomic mass is 16.2. The second-order valence-electron chi connectivity index (χ2n) is 6.59. The van der Waals surface area contributed by atoms with E-state index in [0.29, 0.717) is 30.6 Å². The molecule has 3 rings (SSSR count). The Labute approximate surface area is 153 Å². The minimum absolute atomic E-state index is 0.0658. The van der Waals surface area contributed by atoms with Gasteiger partial charge in [0.15, 0.2) is 0 Å². The van der Waals surface area contributed by atoms with Crippen LogP contribution in [0.3, 0.4) is 0 Å². The van der Waals surface area contributed by atoms with Gasteiger partial charge in [0.1, 0.15) is 0 Å². The summed E-state index contributed by atoms with van der Waals surface area (Å²) in [5, 5.41) is 8.85. The van der Waals surface area contributed by atoms with E-state index in [9.17, 15) is 9.59 Å². The van der Waals surface area contributed by atoms with Crippen LogP contribution in [0.5, 0.6) is 0 Å². The molecule has 0 aromatic heterocycles. The van der Waals surface area contributed by atoms with Gasteiger partial charge in [0.2, 0.25) is 5.91 Å². The van der Waals surface area contributed by atoms with Crippen molar-refractivity contribution in [2.45, 2.75) is 25.9 Å². The Kier molecular flexibility index (Phi) is 5.33. The lowest BCUT2D eigenvalue weighted by Gasteiger charge is -2.19. The molecule has 1 fully saturated rings. The molecule has 0 bridgehead atoms. The first-order chi connectivity index (χ1) is 12.6. The Balaban J connectivity index is 1.67. The fourth-order valence-corrected chi connectivity index (χ4v) is 3.15. The van der Waals surface area contributed by atoms with Gasteiger partial charge < -0.3 is 9.80 Å². The van der Waals surface area contributed by atoms with Crippen molar-refractivity contribution in [2.75, 3.05) is 13.6 Å². The lowest BCUT2D eigenvalue weighted by atomic mass is 10.1. The maximum atomic E-state index is 12.7. The molecule has 1 aliphatic rings. The molecule has 0 aliphatic carbocycles. The van der Waals surface area contributed by atoms with Gasteiger partial charge in [-0.1, -0.05) is 24.3 Å². The standard InChI is InChI=1S/C21H21N3O2/c1-23(14-17-9-7-16(13-22)8-10-17)21(26)19-5-2-4-18(12-19)15-24-11-3-6-20(24)25/h2,4-5,7-10,12H,3,6,11,14-15H2,1H3. The van der Waals surface area contributed by atoms with Crippen molar-refractivity contribution in [1.29, 1.82) is 5.26 Å². The van der Waals surface area contributed by atoms with Crippen molar-refractivity contribution in [3.8, 4) is 6.07 Å². The normalized spacial score (nSPS) is 13.5. The molecule has 0 unspecified atom stereocenters. The number of carbonyl (C=O) groups excluding carboxylic acids is 2. The van der Waals surface area contributed by atoms with E-state index >= 15 is 0 Å². The first kappa shape index (κ1) is 17.7. The molecule has 2 aromatic rings. The lowest BCUT2D eigenvalue weighted by Crippen LogP contribution is -2.27. The maximum Gasteiger partial charge on any atom is 0.253 e. The highest BCUT2D eigenvalue weighted by molar-refractivity contribution is 5.94. The number of nitriles is 1. The number of carbonyl (C=O) groups is 2. The SMILES string of the molecule is CN(Cc1ccc(C#N)cc1)C(=O)c1cccc(CN2CCCC2=O)c1. The van der Waals surface area contributed by atoms with Gasteiger partial charge in [0.05, 0.1) is 11.6 Å². The number of likely N-dealkylation sites (tertiary alicyclic amines) is 1. The van der Waals surface area contributed by atoms with E-state index in [0.717, 1.165) is 24.1 Å². The average molecular weight is 347 g/mol. The quantitative estimate of drug-likeness (QED) is 0.835. The van der Waals surface area contributed by atoms with E-state index in [1.165, 1.54) is 0 Å². The van der Waals surface area contributed by atoms with Crippen LogP contribution in [0.2, 0.25) is 0 Å². The predicted molar refractivity (Wildman–Crippen MR) is 98.0 cm³/mol. The number of benzene rings is 2. The number of rotatable bonds is 5. The molecular weight excluding hydrogens is 326 g/mol. The summed E-state index contributed by atoms with van der Waals surface area (Å²) >= 11 is 0. The van der Waals surface area contributed by atoms with E-state index < -0.39 is 0 Å². The molecule has 0 N–H and O–H groups in total. The summed E-state index contributed by atoms with van der Waals surface area (Å²) in [7, 11) is 1.76. The maximum absolute atomic E-state index is 12.7. The topological polar surface area (TPSA) is 64.4 Å². The summed E-state index contributed by atoms with van der Waals surface area (Å²) in [6.07, 6.45) is 1.52. The molecule has 26 heavy (non-hydrogen) atoms. The second kappa shape index (κ2) is 7.83. The Morgan fingerprint density at radius 3 is 2.62 bits per heavy atom. The Morgan fingerprint density at radius 1 is 1.19 bits per heavy atom. The molecule has 5 nitrogen and oxygen atoms in total. The first-order valence-corrected chi connectivity index (χ1v) is 8.68. The van der Waals surface area contributed by atoms with Gasteiger partial charge in [0.25, 0.3) is 5.91 Å². The zero-order valence-corrected chi connectivity index (χ0v) is 14.8. The molecule has 1 aliphatic heterocycles. The van der Waals surface area contributed by atoms with Gasteiger partial charge in [-0.25, -0.2) is 0 Å². The van der Waals surface area contributed by atoms with E-state index in [2.05, 4.69) is 6.07 Å². The van der Waals surface area contributed by atoms with Crippen molar-refractivity contribution in [1.82, 2.24) is 9.80 Å². The molecule has 0 radical (unpaired) electrons. The number of hydrogen-bond acceptors (Lipinski definition) is 3. The number of nitrogens with zero attached hydrogens (tertiary/aromatic N) is 3. The van der Waals surface area contributed by atoms with Crippen LogP contribution in [0.15, 0.2) is 48.5 Å². The zero-order valence-electron chi connectivity index (χ0n) is 14.8. The third kappa shape index (κ3) is 4.09. The van der Waals surface area contributed by atoms with Crippen molar-refractivity contribution >= 4 is 11.8 Å². The minimum atomic E-state index is -0.0658. The highest BCUT2D eigenvalue weighted by Crippen LogP contribution is 2.16. The largest absolute Gasteiger partial charge is 0.338 e. The average Bonchev–Trinajstić information content (AvgIpc) is 3.06. The molecule has 0 atom stereocenters. The Morgan fingerprint density at radius 2 is 1.96 bits per heavy atom. The van der Waals surface area contributed by atoms with Crippen LogP contribution < -0.4 is 0 Å². The molecule has 5 heteroatoms. The van der Waals surface area contributed by atoms with Gasteiger partial charge in [-0.15, -0.1) is 0 Å². The van der Waals surface area contributed by atoms with Gasteiger partial charge in [0, 0.05) is 38.7 Å². The molecule has 0 spiro atoms. The highest BCUT2D eigenvalue weighted by Gasteiger charge is 2.20. The molecular formula is C21H21N3O2. The summed E-state index contributed by atoms with van der Waals surface area (Å²) in [4.78, 5) is 28.0. The summed E-state index contributed by atoms with van der Waals surface area (Å²) in [5.41, 5.74) is 3.16. The molecule has 2 aromatic carbocycles.